The Bertz CT molecular complexity index is 559. The lowest BCUT2D eigenvalue weighted by Gasteiger charge is -2.14. The first-order valence-electron chi connectivity index (χ1n) is 6.53. The van der Waals surface area contributed by atoms with Crippen LogP contribution in [0.25, 0.3) is 0 Å². The lowest BCUT2D eigenvalue weighted by atomic mass is 10.00. The summed E-state index contributed by atoms with van der Waals surface area (Å²) in [6.45, 7) is 9.49. The Morgan fingerprint density at radius 2 is 1.42 bits per heavy atom. The molecule has 2 heteroatoms. The predicted octanol–water partition coefficient (Wildman–Crippen LogP) is 5.29. The quantitative estimate of drug-likeness (QED) is 0.810. The number of anilines is 1. The summed E-state index contributed by atoms with van der Waals surface area (Å²) in [4.78, 5) is 0. The van der Waals surface area contributed by atoms with Crippen LogP contribution in [0.1, 0.15) is 27.8 Å². The summed E-state index contributed by atoms with van der Waals surface area (Å²) in [7, 11) is 0. The van der Waals surface area contributed by atoms with Gasteiger partial charge in [-0.2, -0.15) is 0 Å². The molecule has 1 nitrogen and oxygen atoms in total. The van der Waals surface area contributed by atoms with Gasteiger partial charge in [-0.3, -0.25) is 0 Å². The maximum atomic E-state index is 3.54. The zero-order valence-electron chi connectivity index (χ0n) is 12.0. The van der Waals surface area contributed by atoms with Gasteiger partial charge in [0, 0.05) is 16.7 Å². The molecule has 100 valence electrons. The molecule has 0 amide bonds. The van der Waals surface area contributed by atoms with Gasteiger partial charge in [0.15, 0.2) is 0 Å². The number of nitrogens with one attached hydrogen (secondary N) is 1. The van der Waals surface area contributed by atoms with E-state index in [4.69, 9.17) is 0 Å². The van der Waals surface area contributed by atoms with Crippen molar-refractivity contribution in [3.8, 4) is 0 Å². The summed E-state index contributed by atoms with van der Waals surface area (Å²) in [5.41, 5.74) is 7.86. The summed E-state index contributed by atoms with van der Waals surface area (Å²) in [6.07, 6.45) is 0. The Balaban J connectivity index is 2.19. The smallest absolute Gasteiger partial charge is 0.0406 e. The van der Waals surface area contributed by atoms with Crippen LogP contribution < -0.4 is 5.32 Å². The van der Waals surface area contributed by atoms with Gasteiger partial charge in [0.2, 0.25) is 0 Å². The van der Waals surface area contributed by atoms with Gasteiger partial charge in [0.25, 0.3) is 0 Å². The third-order valence-electron chi connectivity index (χ3n) is 3.35. The molecule has 0 aliphatic carbocycles. The highest BCUT2D eigenvalue weighted by atomic mass is 79.9. The topological polar surface area (TPSA) is 12.0 Å². The Kier molecular flexibility index (Phi) is 4.31. The van der Waals surface area contributed by atoms with Crippen LogP contribution in [0.3, 0.4) is 0 Å². The van der Waals surface area contributed by atoms with E-state index in [0.29, 0.717) is 0 Å². The molecule has 0 fully saturated rings. The van der Waals surface area contributed by atoms with Crippen molar-refractivity contribution in [3.63, 3.8) is 0 Å². The highest BCUT2D eigenvalue weighted by Gasteiger charge is 2.04. The fourth-order valence-electron chi connectivity index (χ4n) is 2.52. The van der Waals surface area contributed by atoms with E-state index in [-0.39, 0.29) is 0 Å². The molecule has 2 rings (SSSR count). The van der Waals surface area contributed by atoms with Gasteiger partial charge in [-0.25, -0.2) is 0 Å². The van der Waals surface area contributed by atoms with Crippen molar-refractivity contribution >= 4 is 21.6 Å². The lowest BCUT2D eigenvalue weighted by Crippen LogP contribution is -2.04. The van der Waals surface area contributed by atoms with E-state index in [9.17, 15) is 0 Å². The fourth-order valence-corrected chi connectivity index (χ4v) is 3.13. The minimum atomic E-state index is 0.869. The second-order valence-electron chi connectivity index (χ2n) is 5.25. The number of halogens is 1. The molecule has 0 aliphatic rings. The third kappa shape index (κ3) is 3.60. The van der Waals surface area contributed by atoms with Crippen molar-refractivity contribution in [2.45, 2.75) is 34.2 Å². The molecule has 0 aromatic heterocycles. The fraction of sp³-hybridized carbons (Fsp3) is 0.294. The van der Waals surface area contributed by atoms with Crippen molar-refractivity contribution in [3.05, 3.63) is 62.6 Å². The molecule has 2 aromatic rings. The summed E-state index contributed by atoms with van der Waals surface area (Å²) >= 11 is 3.54. The minimum Gasteiger partial charge on any atom is -0.381 e. The lowest BCUT2D eigenvalue weighted by molar-refractivity contribution is 1.08. The van der Waals surface area contributed by atoms with Crippen molar-refractivity contribution in [2.75, 3.05) is 5.32 Å². The second-order valence-corrected chi connectivity index (χ2v) is 6.16. The van der Waals surface area contributed by atoms with Crippen molar-refractivity contribution < 1.29 is 0 Å². The molecule has 19 heavy (non-hydrogen) atoms. The normalized spacial score (nSPS) is 10.6. The molecule has 0 atom stereocenters. The standard InChI is InChI=1S/C17H20BrN/c1-11-5-13(3)17(14(4)6-11)10-19-16-8-12(2)7-15(18)9-16/h5-9,19H,10H2,1-4H3. The van der Waals surface area contributed by atoms with Gasteiger partial charge in [0.05, 0.1) is 0 Å². The maximum Gasteiger partial charge on any atom is 0.0406 e. The largest absolute Gasteiger partial charge is 0.381 e. The number of rotatable bonds is 3. The molecule has 1 N–H and O–H groups in total. The number of benzene rings is 2. The van der Waals surface area contributed by atoms with E-state index < -0.39 is 0 Å². The Morgan fingerprint density at radius 3 is 2.00 bits per heavy atom. The molecule has 0 spiro atoms. The molecule has 0 saturated carbocycles. The van der Waals surface area contributed by atoms with Crippen LogP contribution in [0.5, 0.6) is 0 Å². The number of hydrogen-bond acceptors (Lipinski definition) is 1. The summed E-state index contributed by atoms with van der Waals surface area (Å²) in [6, 6.07) is 10.9. The SMILES string of the molecule is Cc1cc(Br)cc(NCc2c(C)cc(C)cc2C)c1. The maximum absolute atomic E-state index is 3.54. The van der Waals surface area contributed by atoms with Gasteiger partial charge in [-0.1, -0.05) is 33.6 Å². The van der Waals surface area contributed by atoms with Crippen molar-refractivity contribution in [2.24, 2.45) is 0 Å². The molecule has 0 bridgehead atoms. The van der Waals surface area contributed by atoms with Gasteiger partial charge in [0.1, 0.15) is 0 Å². The van der Waals surface area contributed by atoms with Crippen LogP contribution in [-0.4, -0.2) is 0 Å². The first kappa shape index (κ1) is 14.1. The first-order valence-corrected chi connectivity index (χ1v) is 7.33. The van der Waals surface area contributed by atoms with E-state index in [1.54, 1.807) is 0 Å². The second kappa shape index (κ2) is 5.79. The van der Waals surface area contributed by atoms with Crippen LogP contribution in [0.4, 0.5) is 5.69 Å². The van der Waals surface area contributed by atoms with Crippen LogP contribution in [-0.2, 0) is 6.54 Å². The average molecular weight is 318 g/mol. The number of aryl methyl sites for hydroxylation is 4. The monoisotopic (exact) mass is 317 g/mol. The van der Waals surface area contributed by atoms with Gasteiger partial charge < -0.3 is 5.32 Å². The molecular weight excluding hydrogens is 298 g/mol. The average Bonchev–Trinajstić information content (AvgIpc) is 2.25. The summed E-state index contributed by atoms with van der Waals surface area (Å²) in [5.74, 6) is 0. The highest BCUT2D eigenvalue weighted by molar-refractivity contribution is 9.10. The van der Waals surface area contributed by atoms with E-state index in [0.717, 1.165) is 16.7 Å². The Hall–Kier alpha value is -1.28. The van der Waals surface area contributed by atoms with Crippen LogP contribution in [0, 0.1) is 27.7 Å². The Labute approximate surface area is 124 Å². The predicted molar refractivity (Wildman–Crippen MR) is 86.9 cm³/mol. The molecule has 0 saturated heterocycles. The van der Waals surface area contributed by atoms with Crippen LogP contribution >= 0.6 is 15.9 Å². The van der Waals surface area contributed by atoms with E-state index in [1.807, 2.05) is 0 Å². The van der Waals surface area contributed by atoms with E-state index >= 15 is 0 Å². The zero-order valence-corrected chi connectivity index (χ0v) is 13.6. The van der Waals surface area contributed by atoms with Crippen LogP contribution in [0.2, 0.25) is 0 Å². The van der Waals surface area contributed by atoms with Gasteiger partial charge in [-0.15, -0.1) is 0 Å². The molecule has 0 unspecified atom stereocenters. The van der Waals surface area contributed by atoms with E-state index in [1.165, 1.54) is 27.8 Å². The van der Waals surface area contributed by atoms with Gasteiger partial charge >= 0.3 is 0 Å². The van der Waals surface area contributed by atoms with Crippen molar-refractivity contribution in [1.82, 2.24) is 0 Å². The van der Waals surface area contributed by atoms with Crippen LogP contribution in [0.15, 0.2) is 34.8 Å². The molecule has 0 heterocycles. The summed E-state index contributed by atoms with van der Waals surface area (Å²) < 4.78 is 1.12. The zero-order chi connectivity index (χ0) is 14.0. The van der Waals surface area contributed by atoms with Gasteiger partial charge in [-0.05, 0) is 68.1 Å². The third-order valence-corrected chi connectivity index (χ3v) is 3.81. The van der Waals surface area contributed by atoms with E-state index in [2.05, 4.69) is 79.3 Å². The molecule has 0 radical (unpaired) electrons. The number of hydrogen-bond donors (Lipinski definition) is 1. The minimum absolute atomic E-state index is 0.869. The highest BCUT2D eigenvalue weighted by Crippen LogP contribution is 2.22. The Morgan fingerprint density at radius 1 is 0.842 bits per heavy atom. The summed E-state index contributed by atoms with van der Waals surface area (Å²) in [5, 5.41) is 3.51. The van der Waals surface area contributed by atoms with Crippen molar-refractivity contribution in [1.29, 1.82) is 0 Å². The molecular formula is C17H20BrN. The first-order chi connectivity index (χ1) is 8.95. The molecule has 2 aromatic carbocycles. The molecule has 0 aliphatic heterocycles.